The van der Waals surface area contributed by atoms with Crippen LogP contribution >= 0.6 is 0 Å². The molecule has 1 N–H and O–H groups in total. The van der Waals surface area contributed by atoms with Crippen molar-refractivity contribution in [1.29, 1.82) is 0 Å². The van der Waals surface area contributed by atoms with Crippen molar-refractivity contribution in [1.82, 2.24) is 10.3 Å². The fourth-order valence-electron chi connectivity index (χ4n) is 3.11. The molecule has 1 amide bonds. The van der Waals surface area contributed by atoms with Gasteiger partial charge < -0.3 is 9.73 Å². The number of rotatable bonds is 6. The van der Waals surface area contributed by atoms with Crippen LogP contribution in [-0.2, 0) is 16.6 Å². The lowest BCUT2D eigenvalue weighted by atomic mass is 9.96. The fraction of sp³-hybridized carbons (Fsp3) is 0.238. The highest BCUT2D eigenvalue weighted by molar-refractivity contribution is 5.78. The predicted octanol–water partition coefficient (Wildman–Crippen LogP) is 3.73. The number of benzene rings is 2. The Morgan fingerprint density at radius 3 is 2.40 bits per heavy atom. The molecule has 4 nitrogen and oxygen atoms in total. The maximum Gasteiger partial charge on any atom is 0.226 e. The minimum Gasteiger partial charge on any atom is -0.444 e. The number of amides is 1. The Bertz CT molecular complexity index is 852. The molecule has 1 heterocycles. The lowest BCUT2D eigenvalue weighted by molar-refractivity contribution is -0.120. The molecule has 1 aliphatic carbocycles. The van der Waals surface area contributed by atoms with E-state index in [-0.39, 0.29) is 17.7 Å². The van der Waals surface area contributed by atoms with E-state index in [0.29, 0.717) is 18.1 Å². The average molecular weight is 332 g/mol. The lowest BCUT2D eigenvalue weighted by Crippen LogP contribution is -2.33. The van der Waals surface area contributed by atoms with Gasteiger partial charge in [-0.05, 0) is 30.5 Å². The highest BCUT2D eigenvalue weighted by atomic mass is 16.3. The van der Waals surface area contributed by atoms with Gasteiger partial charge in [-0.15, -0.1) is 0 Å². The molecule has 4 heteroatoms. The van der Waals surface area contributed by atoms with Crippen LogP contribution in [0.4, 0.5) is 0 Å². The Balaban J connectivity index is 1.35. The molecule has 1 fully saturated rings. The van der Waals surface area contributed by atoms with Crippen LogP contribution in [0.15, 0.2) is 71.3 Å². The van der Waals surface area contributed by atoms with E-state index < -0.39 is 0 Å². The predicted molar refractivity (Wildman–Crippen MR) is 96.0 cm³/mol. The molecule has 126 valence electrons. The molecule has 0 unspecified atom stereocenters. The van der Waals surface area contributed by atoms with Gasteiger partial charge in [0, 0.05) is 17.5 Å². The summed E-state index contributed by atoms with van der Waals surface area (Å²) < 4.78 is 5.49. The molecule has 0 bridgehead atoms. The summed E-state index contributed by atoms with van der Waals surface area (Å²) >= 11 is 0. The van der Waals surface area contributed by atoms with Crippen molar-refractivity contribution in [2.75, 3.05) is 6.54 Å². The lowest BCUT2D eigenvalue weighted by Gasteiger charge is -2.16. The van der Waals surface area contributed by atoms with Gasteiger partial charge in [-0.2, -0.15) is 0 Å². The van der Waals surface area contributed by atoms with Gasteiger partial charge in [-0.3, -0.25) is 4.79 Å². The third-order valence-corrected chi connectivity index (χ3v) is 4.78. The largest absolute Gasteiger partial charge is 0.444 e. The van der Waals surface area contributed by atoms with Crippen LogP contribution in [0, 0.1) is 0 Å². The Labute approximate surface area is 146 Å². The molecule has 0 atom stereocenters. The van der Waals surface area contributed by atoms with E-state index in [1.54, 1.807) is 6.26 Å². The first-order valence-corrected chi connectivity index (χ1v) is 8.57. The van der Waals surface area contributed by atoms with Crippen LogP contribution in [-0.4, -0.2) is 17.4 Å². The zero-order chi connectivity index (χ0) is 17.1. The summed E-state index contributed by atoms with van der Waals surface area (Å²) in [7, 11) is 0. The maximum atomic E-state index is 12.3. The van der Waals surface area contributed by atoms with Crippen molar-refractivity contribution in [2.45, 2.75) is 24.7 Å². The summed E-state index contributed by atoms with van der Waals surface area (Å²) in [5.74, 6) is 0.529. The monoisotopic (exact) mass is 332 g/mol. The van der Waals surface area contributed by atoms with Gasteiger partial charge in [-0.1, -0.05) is 48.5 Å². The molecule has 1 saturated carbocycles. The number of nitrogens with one attached hydrogen (secondary N) is 1. The normalized spacial score (nSPS) is 14.9. The quantitative estimate of drug-likeness (QED) is 0.748. The van der Waals surface area contributed by atoms with E-state index in [4.69, 9.17) is 4.42 Å². The first kappa shape index (κ1) is 15.6. The first-order chi connectivity index (χ1) is 12.3. The first-order valence-electron chi connectivity index (χ1n) is 8.57. The molecule has 3 aromatic rings. The molecule has 0 saturated heterocycles. The molecule has 0 aliphatic heterocycles. The van der Waals surface area contributed by atoms with Gasteiger partial charge in [0.15, 0.2) is 0 Å². The van der Waals surface area contributed by atoms with E-state index >= 15 is 0 Å². The second-order valence-corrected chi connectivity index (χ2v) is 6.61. The van der Waals surface area contributed by atoms with Crippen LogP contribution in [0.25, 0.3) is 11.5 Å². The fourth-order valence-corrected chi connectivity index (χ4v) is 3.11. The van der Waals surface area contributed by atoms with Gasteiger partial charge in [0.2, 0.25) is 11.8 Å². The van der Waals surface area contributed by atoms with Crippen LogP contribution in [0.5, 0.6) is 0 Å². The SMILES string of the molecule is O=C(Cc1coc(-c2ccccc2)n1)NCC1(c2ccccc2)CC1. The van der Waals surface area contributed by atoms with E-state index in [1.807, 2.05) is 36.4 Å². The molecular formula is C21H20N2O2. The van der Waals surface area contributed by atoms with Crippen molar-refractivity contribution in [2.24, 2.45) is 0 Å². The van der Waals surface area contributed by atoms with Gasteiger partial charge in [0.05, 0.1) is 12.1 Å². The third-order valence-electron chi connectivity index (χ3n) is 4.78. The molecule has 0 spiro atoms. The molecule has 2 aromatic carbocycles. The summed E-state index contributed by atoms with van der Waals surface area (Å²) in [5.41, 5.74) is 3.00. The molecule has 0 radical (unpaired) electrons. The Kier molecular flexibility index (Phi) is 4.10. The minimum atomic E-state index is -0.0184. The van der Waals surface area contributed by atoms with Crippen LogP contribution in [0.3, 0.4) is 0 Å². The number of oxazole rings is 1. The zero-order valence-electron chi connectivity index (χ0n) is 13.9. The van der Waals surface area contributed by atoms with Crippen molar-refractivity contribution < 1.29 is 9.21 Å². The standard InChI is InChI=1S/C21H20N2O2/c24-19(22-15-21(11-12-21)17-9-5-2-6-10-17)13-18-14-25-20(23-18)16-7-3-1-4-8-16/h1-10,14H,11-13,15H2,(H,22,24). The Morgan fingerprint density at radius 1 is 1.04 bits per heavy atom. The van der Waals surface area contributed by atoms with Gasteiger partial charge in [-0.25, -0.2) is 4.98 Å². The highest BCUT2D eigenvalue weighted by Crippen LogP contribution is 2.47. The van der Waals surface area contributed by atoms with Gasteiger partial charge in [0.25, 0.3) is 0 Å². The maximum absolute atomic E-state index is 12.3. The average Bonchev–Trinajstić information content (AvgIpc) is 3.33. The van der Waals surface area contributed by atoms with Crippen LogP contribution < -0.4 is 5.32 Å². The summed E-state index contributed by atoms with van der Waals surface area (Å²) in [5, 5.41) is 3.06. The smallest absolute Gasteiger partial charge is 0.226 e. The zero-order valence-corrected chi connectivity index (χ0v) is 13.9. The van der Waals surface area contributed by atoms with Crippen molar-refractivity contribution in [3.63, 3.8) is 0 Å². The summed E-state index contributed by atoms with van der Waals surface area (Å²) in [6.45, 7) is 0.680. The third kappa shape index (κ3) is 3.48. The number of hydrogen-bond donors (Lipinski definition) is 1. The Morgan fingerprint density at radius 2 is 1.72 bits per heavy atom. The van der Waals surface area contributed by atoms with E-state index in [2.05, 4.69) is 34.6 Å². The van der Waals surface area contributed by atoms with Crippen LogP contribution in [0.2, 0.25) is 0 Å². The minimum absolute atomic E-state index is 0.0184. The van der Waals surface area contributed by atoms with Gasteiger partial charge in [0.1, 0.15) is 6.26 Å². The molecule has 4 rings (SSSR count). The summed E-state index contributed by atoms with van der Waals surface area (Å²) in [6.07, 6.45) is 4.05. The van der Waals surface area contributed by atoms with Crippen LogP contribution in [0.1, 0.15) is 24.1 Å². The topological polar surface area (TPSA) is 55.1 Å². The molecule has 25 heavy (non-hydrogen) atoms. The molecule has 1 aliphatic rings. The van der Waals surface area contributed by atoms with Crippen molar-refractivity contribution in [3.05, 3.63) is 78.2 Å². The highest BCUT2D eigenvalue weighted by Gasteiger charge is 2.44. The number of hydrogen-bond acceptors (Lipinski definition) is 3. The second kappa shape index (κ2) is 6.55. The summed E-state index contributed by atoms with van der Waals surface area (Å²) in [6, 6.07) is 20.1. The number of nitrogens with zero attached hydrogens (tertiary/aromatic N) is 1. The van der Waals surface area contributed by atoms with E-state index in [0.717, 1.165) is 18.4 Å². The van der Waals surface area contributed by atoms with E-state index in [9.17, 15) is 4.79 Å². The van der Waals surface area contributed by atoms with Gasteiger partial charge >= 0.3 is 0 Å². The van der Waals surface area contributed by atoms with E-state index in [1.165, 1.54) is 5.56 Å². The van der Waals surface area contributed by atoms with Crippen molar-refractivity contribution >= 4 is 5.91 Å². The Hall–Kier alpha value is -2.88. The second-order valence-electron chi connectivity index (χ2n) is 6.61. The number of aromatic nitrogens is 1. The summed E-state index contributed by atoms with van der Waals surface area (Å²) in [4.78, 5) is 16.7. The number of carbonyl (C=O) groups excluding carboxylic acids is 1. The molecule has 1 aromatic heterocycles. The molecular weight excluding hydrogens is 312 g/mol. The number of carbonyl (C=O) groups is 1. The van der Waals surface area contributed by atoms with Crippen molar-refractivity contribution in [3.8, 4) is 11.5 Å².